The summed E-state index contributed by atoms with van der Waals surface area (Å²) in [4.78, 5) is 18.9. The molecule has 0 saturated carbocycles. The number of benzene rings is 1. The Morgan fingerprint density at radius 3 is 2.94 bits per heavy atom. The average molecular weight is 285 g/mol. The zero-order valence-electron chi connectivity index (χ0n) is 9.32. The van der Waals surface area contributed by atoms with E-state index in [0.717, 1.165) is 4.90 Å². The van der Waals surface area contributed by atoms with Gasteiger partial charge in [-0.05, 0) is 18.2 Å². The van der Waals surface area contributed by atoms with E-state index < -0.39 is 0 Å². The lowest BCUT2D eigenvalue weighted by molar-refractivity contribution is 0.624. The van der Waals surface area contributed by atoms with Crippen LogP contribution in [0.2, 0.25) is 0 Å². The fourth-order valence-electron chi connectivity index (χ4n) is 1.41. The molecule has 94 valence electrons. The molecule has 0 aliphatic heterocycles. The quantitative estimate of drug-likeness (QED) is 0.693. The Bertz CT molecular complexity index is 603. The van der Waals surface area contributed by atoms with Crippen LogP contribution in [-0.2, 0) is 11.6 Å². The van der Waals surface area contributed by atoms with Crippen molar-refractivity contribution in [2.75, 3.05) is 0 Å². The zero-order chi connectivity index (χ0) is 13.0. The Morgan fingerprint density at radius 1 is 1.39 bits per heavy atom. The highest BCUT2D eigenvalue weighted by Gasteiger charge is 2.02. The molecular formula is C12H10ClFN2OS. The van der Waals surface area contributed by atoms with Crippen LogP contribution in [0.25, 0.3) is 0 Å². The fourth-order valence-corrected chi connectivity index (χ4v) is 2.36. The molecule has 0 bridgehead atoms. The standard InChI is InChI=1S/C12H10ClFN2OS/c13-6-9-5-12(17)16-11(15-9)7-18-10-3-1-2-8(14)4-10/h1-5H,6-7H2,(H,15,16,17). The van der Waals surface area contributed by atoms with Gasteiger partial charge in [-0.3, -0.25) is 4.79 Å². The normalized spacial score (nSPS) is 10.6. The largest absolute Gasteiger partial charge is 0.310 e. The van der Waals surface area contributed by atoms with Crippen molar-refractivity contribution in [3.8, 4) is 0 Å². The van der Waals surface area contributed by atoms with Gasteiger partial charge < -0.3 is 4.98 Å². The first-order valence-corrected chi connectivity index (χ1v) is 6.73. The fraction of sp³-hybridized carbons (Fsp3) is 0.167. The highest BCUT2D eigenvalue weighted by molar-refractivity contribution is 7.98. The first kappa shape index (κ1) is 13.1. The molecule has 0 radical (unpaired) electrons. The van der Waals surface area contributed by atoms with Gasteiger partial charge in [-0.25, -0.2) is 9.37 Å². The molecule has 3 nitrogen and oxygen atoms in total. The Kier molecular flexibility index (Phi) is 4.38. The maximum absolute atomic E-state index is 13.0. The van der Waals surface area contributed by atoms with E-state index in [2.05, 4.69) is 9.97 Å². The number of aromatic nitrogens is 2. The number of rotatable bonds is 4. The van der Waals surface area contributed by atoms with E-state index >= 15 is 0 Å². The van der Waals surface area contributed by atoms with Crippen molar-refractivity contribution in [2.45, 2.75) is 16.5 Å². The molecule has 0 amide bonds. The Balaban J connectivity index is 2.10. The predicted octanol–water partition coefficient (Wildman–Crippen LogP) is 2.94. The Hall–Kier alpha value is -1.33. The smallest absolute Gasteiger partial charge is 0.251 e. The summed E-state index contributed by atoms with van der Waals surface area (Å²) >= 11 is 7.04. The summed E-state index contributed by atoms with van der Waals surface area (Å²) in [6.07, 6.45) is 0. The third-order valence-electron chi connectivity index (χ3n) is 2.15. The van der Waals surface area contributed by atoms with Crippen LogP contribution in [0, 0.1) is 5.82 Å². The molecule has 0 aliphatic rings. The summed E-state index contributed by atoms with van der Waals surface area (Å²) in [5.74, 6) is 0.911. The lowest BCUT2D eigenvalue weighted by Crippen LogP contribution is -2.11. The molecule has 2 aromatic rings. The number of halogens is 2. The number of thioether (sulfide) groups is 1. The van der Waals surface area contributed by atoms with E-state index in [9.17, 15) is 9.18 Å². The number of nitrogens with one attached hydrogen (secondary N) is 1. The molecule has 0 atom stereocenters. The average Bonchev–Trinajstić information content (AvgIpc) is 2.36. The minimum Gasteiger partial charge on any atom is -0.310 e. The van der Waals surface area contributed by atoms with Crippen LogP contribution in [-0.4, -0.2) is 9.97 Å². The number of alkyl halides is 1. The minimum atomic E-state index is -0.282. The first-order chi connectivity index (χ1) is 8.67. The molecule has 1 heterocycles. The number of hydrogen-bond acceptors (Lipinski definition) is 3. The van der Waals surface area contributed by atoms with Crippen molar-refractivity contribution >= 4 is 23.4 Å². The van der Waals surface area contributed by atoms with Gasteiger partial charge in [-0.1, -0.05) is 6.07 Å². The highest BCUT2D eigenvalue weighted by Crippen LogP contribution is 2.21. The molecule has 0 fully saturated rings. The van der Waals surface area contributed by atoms with Crippen LogP contribution < -0.4 is 5.56 Å². The van der Waals surface area contributed by atoms with E-state index in [1.165, 1.54) is 30.0 Å². The second kappa shape index (κ2) is 6.02. The second-order valence-corrected chi connectivity index (χ2v) is 4.88. The lowest BCUT2D eigenvalue weighted by atomic mass is 10.4. The minimum absolute atomic E-state index is 0.196. The van der Waals surface area contributed by atoms with Gasteiger partial charge in [0.15, 0.2) is 0 Å². The summed E-state index contributed by atoms with van der Waals surface area (Å²) in [5, 5.41) is 0. The van der Waals surface area contributed by atoms with Crippen molar-refractivity contribution in [2.24, 2.45) is 0 Å². The predicted molar refractivity (Wildman–Crippen MR) is 70.4 cm³/mol. The molecule has 1 aromatic heterocycles. The van der Waals surface area contributed by atoms with Crippen molar-refractivity contribution in [1.29, 1.82) is 0 Å². The Labute approximate surface area is 112 Å². The molecule has 0 aliphatic carbocycles. The van der Waals surface area contributed by atoms with Gasteiger partial charge in [0.1, 0.15) is 11.6 Å². The zero-order valence-corrected chi connectivity index (χ0v) is 10.9. The van der Waals surface area contributed by atoms with E-state index in [4.69, 9.17) is 11.6 Å². The molecule has 6 heteroatoms. The van der Waals surface area contributed by atoms with Gasteiger partial charge in [0, 0.05) is 11.0 Å². The van der Waals surface area contributed by atoms with Gasteiger partial charge in [0.05, 0.1) is 17.3 Å². The molecular weight excluding hydrogens is 275 g/mol. The van der Waals surface area contributed by atoms with Crippen LogP contribution in [0.15, 0.2) is 40.0 Å². The molecule has 1 aromatic carbocycles. The van der Waals surface area contributed by atoms with E-state index in [1.807, 2.05) is 0 Å². The van der Waals surface area contributed by atoms with E-state index in [-0.39, 0.29) is 17.3 Å². The maximum atomic E-state index is 13.0. The molecule has 0 unspecified atom stereocenters. The van der Waals surface area contributed by atoms with Crippen LogP contribution in [0.4, 0.5) is 4.39 Å². The van der Waals surface area contributed by atoms with Crippen molar-refractivity contribution in [3.05, 3.63) is 58.0 Å². The van der Waals surface area contributed by atoms with Crippen molar-refractivity contribution < 1.29 is 4.39 Å². The van der Waals surface area contributed by atoms with Gasteiger partial charge >= 0.3 is 0 Å². The van der Waals surface area contributed by atoms with Crippen LogP contribution in [0.1, 0.15) is 11.5 Å². The molecule has 0 saturated heterocycles. The molecule has 0 spiro atoms. The number of nitrogens with zero attached hydrogens (tertiary/aromatic N) is 1. The Morgan fingerprint density at radius 2 is 2.22 bits per heavy atom. The third kappa shape index (κ3) is 3.58. The number of aromatic amines is 1. The highest BCUT2D eigenvalue weighted by atomic mass is 35.5. The maximum Gasteiger partial charge on any atom is 0.251 e. The number of H-pyrrole nitrogens is 1. The van der Waals surface area contributed by atoms with E-state index in [1.54, 1.807) is 12.1 Å². The summed E-state index contributed by atoms with van der Waals surface area (Å²) in [7, 11) is 0. The summed E-state index contributed by atoms with van der Waals surface area (Å²) in [5.41, 5.74) is 0.311. The molecule has 1 N–H and O–H groups in total. The van der Waals surface area contributed by atoms with Gasteiger partial charge in [0.2, 0.25) is 0 Å². The van der Waals surface area contributed by atoms with Crippen LogP contribution >= 0.6 is 23.4 Å². The second-order valence-electron chi connectivity index (χ2n) is 3.56. The SMILES string of the molecule is O=c1cc(CCl)nc(CSc2cccc(F)c2)[nH]1. The lowest BCUT2D eigenvalue weighted by Gasteiger charge is -2.03. The first-order valence-electron chi connectivity index (χ1n) is 5.21. The number of hydrogen-bond donors (Lipinski definition) is 1. The molecule has 18 heavy (non-hydrogen) atoms. The monoisotopic (exact) mass is 284 g/mol. The topological polar surface area (TPSA) is 45.8 Å². The van der Waals surface area contributed by atoms with Crippen molar-refractivity contribution in [1.82, 2.24) is 9.97 Å². The van der Waals surface area contributed by atoms with Crippen LogP contribution in [0.3, 0.4) is 0 Å². The van der Waals surface area contributed by atoms with E-state index in [0.29, 0.717) is 17.3 Å². The summed E-state index contributed by atoms with van der Waals surface area (Å²) in [6, 6.07) is 7.64. The van der Waals surface area contributed by atoms with Gasteiger partial charge in [-0.15, -0.1) is 23.4 Å². The van der Waals surface area contributed by atoms with Crippen molar-refractivity contribution in [3.63, 3.8) is 0 Å². The summed E-state index contributed by atoms with van der Waals surface area (Å²) in [6.45, 7) is 0. The van der Waals surface area contributed by atoms with Crippen LogP contribution in [0.5, 0.6) is 0 Å². The third-order valence-corrected chi connectivity index (χ3v) is 3.43. The van der Waals surface area contributed by atoms with Gasteiger partial charge in [-0.2, -0.15) is 0 Å². The van der Waals surface area contributed by atoms with Gasteiger partial charge in [0.25, 0.3) is 5.56 Å². The molecule has 2 rings (SSSR count). The summed E-state index contributed by atoms with van der Waals surface area (Å²) < 4.78 is 13.0.